The van der Waals surface area contributed by atoms with Crippen molar-refractivity contribution in [1.82, 2.24) is 10.3 Å². The summed E-state index contributed by atoms with van der Waals surface area (Å²) in [7, 11) is 0. The van der Waals surface area contributed by atoms with E-state index in [1.807, 2.05) is 12.1 Å². The topological polar surface area (TPSA) is 68.3 Å². The van der Waals surface area contributed by atoms with Crippen molar-refractivity contribution >= 4 is 11.9 Å². The third-order valence-corrected chi connectivity index (χ3v) is 2.59. The van der Waals surface area contributed by atoms with Crippen LogP contribution >= 0.6 is 0 Å². The lowest BCUT2D eigenvalue weighted by atomic mass is 10.2. The Morgan fingerprint density at radius 3 is 2.55 bits per heavy atom. The fourth-order valence-electron chi connectivity index (χ4n) is 1.68. The molecule has 1 aromatic heterocycles. The number of nitrogens with zero attached hydrogens (tertiary/aromatic N) is 1. The van der Waals surface area contributed by atoms with E-state index in [1.165, 1.54) is 6.92 Å². The lowest BCUT2D eigenvalue weighted by Gasteiger charge is -2.09. The molecular formula is C15H14N2O3. The lowest BCUT2D eigenvalue weighted by Crippen LogP contribution is -2.23. The van der Waals surface area contributed by atoms with E-state index in [0.717, 1.165) is 5.56 Å². The molecule has 0 radical (unpaired) electrons. The molecule has 0 aliphatic heterocycles. The molecule has 0 fully saturated rings. The predicted octanol–water partition coefficient (Wildman–Crippen LogP) is 1.94. The standard InChI is InChI=1S/C15H14N2O3/c1-11(18)20-14-5-3-2-4-13(14)15(19)17-10-12-6-8-16-9-7-12/h2-9H,10H2,1H3,(H,17,19). The van der Waals surface area contributed by atoms with Crippen molar-refractivity contribution in [2.24, 2.45) is 0 Å². The first-order valence-corrected chi connectivity index (χ1v) is 6.11. The summed E-state index contributed by atoms with van der Waals surface area (Å²) in [4.78, 5) is 27.0. The number of rotatable bonds is 4. The normalized spacial score (nSPS) is 9.85. The van der Waals surface area contributed by atoms with E-state index < -0.39 is 5.97 Å². The summed E-state index contributed by atoms with van der Waals surface area (Å²) in [6.07, 6.45) is 3.32. The molecule has 102 valence electrons. The van der Waals surface area contributed by atoms with Crippen LogP contribution in [0.25, 0.3) is 0 Å². The molecule has 0 bridgehead atoms. The van der Waals surface area contributed by atoms with Crippen LogP contribution in [0.2, 0.25) is 0 Å². The van der Waals surface area contributed by atoms with Gasteiger partial charge < -0.3 is 10.1 Å². The van der Waals surface area contributed by atoms with E-state index in [2.05, 4.69) is 10.3 Å². The molecule has 5 nitrogen and oxygen atoms in total. The number of para-hydroxylation sites is 1. The second-order valence-electron chi connectivity index (χ2n) is 4.13. The highest BCUT2D eigenvalue weighted by molar-refractivity contribution is 5.97. The number of benzene rings is 1. The van der Waals surface area contributed by atoms with Crippen molar-refractivity contribution < 1.29 is 14.3 Å². The van der Waals surface area contributed by atoms with Gasteiger partial charge in [0.05, 0.1) is 5.56 Å². The molecule has 1 aromatic carbocycles. The average molecular weight is 270 g/mol. The number of amides is 1. The average Bonchev–Trinajstić information content (AvgIpc) is 2.46. The van der Waals surface area contributed by atoms with Gasteiger partial charge in [0.2, 0.25) is 0 Å². The zero-order valence-electron chi connectivity index (χ0n) is 11.0. The maximum atomic E-state index is 12.1. The quantitative estimate of drug-likeness (QED) is 0.681. The summed E-state index contributed by atoms with van der Waals surface area (Å²) in [5, 5.41) is 2.77. The van der Waals surface area contributed by atoms with Crippen LogP contribution in [0.5, 0.6) is 5.75 Å². The van der Waals surface area contributed by atoms with Crippen LogP contribution in [-0.2, 0) is 11.3 Å². The van der Waals surface area contributed by atoms with Crippen LogP contribution in [0.15, 0.2) is 48.8 Å². The van der Waals surface area contributed by atoms with Gasteiger partial charge in [0.15, 0.2) is 0 Å². The van der Waals surface area contributed by atoms with E-state index in [4.69, 9.17) is 4.74 Å². The minimum atomic E-state index is -0.459. The van der Waals surface area contributed by atoms with Gasteiger partial charge >= 0.3 is 5.97 Å². The minimum absolute atomic E-state index is 0.257. The Balaban J connectivity index is 2.07. The molecule has 2 aromatic rings. The number of esters is 1. The van der Waals surface area contributed by atoms with Crippen molar-refractivity contribution in [1.29, 1.82) is 0 Å². The number of pyridine rings is 1. The third-order valence-electron chi connectivity index (χ3n) is 2.59. The largest absolute Gasteiger partial charge is 0.426 e. The predicted molar refractivity (Wildman–Crippen MR) is 73.2 cm³/mol. The Morgan fingerprint density at radius 2 is 1.85 bits per heavy atom. The summed E-state index contributed by atoms with van der Waals surface area (Å²) in [5.41, 5.74) is 1.27. The zero-order chi connectivity index (χ0) is 14.4. The first kappa shape index (κ1) is 13.7. The molecule has 1 N–H and O–H groups in total. The summed E-state index contributed by atoms with van der Waals surface area (Å²) in [6.45, 7) is 1.68. The second kappa shape index (κ2) is 6.47. The number of aromatic nitrogens is 1. The minimum Gasteiger partial charge on any atom is -0.426 e. The number of ether oxygens (including phenoxy) is 1. The fraction of sp³-hybridized carbons (Fsp3) is 0.133. The molecule has 0 saturated carbocycles. The van der Waals surface area contributed by atoms with Crippen LogP contribution in [0.3, 0.4) is 0 Å². The maximum absolute atomic E-state index is 12.1. The highest BCUT2D eigenvalue weighted by atomic mass is 16.5. The number of hydrogen-bond donors (Lipinski definition) is 1. The van der Waals surface area contributed by atoms with Gasteiger partial charge in [-0.3, -0.25) is 14.6 Å². The Bertz CT molecular complexity index is 612. The lowest BCUT2D eigenvalue weighted by molar-refractivity contribution is -0.131. The molecule has 20 heavy (non-hydrogen) atoms. The first-order valence-electron chi connectivity index (χ1n) is 6.11. The number of hydrogen-bond acceptors (Lipinski definition) is 4. The molecular weight excluding hydrogens is 256 g/mol. The van der Waals surface area contributed by atoms with Gasteiger partial charge in [-0.05, 0) is 29.8 Å². The van der Waals surface area contributed by atoms with Gasteiger partial charge in [-0.25, -0.2) is 0 Å². The number of carbonyl (C=O) groups is 2. The van der Waals surface area contributed by atoms with E-state index >= 15 is 0 Å². The highest BCUT2D eigenvalue weighted by Gasteiger charge is 2.12. The Hall–Kier alpha value is -2.69. The van der Waals surface area contributed by atoms with Crippen LogP contribution < -0.4 is 10.1 Å². The van der Waals surface area contributed by atoms with Gasteiger partial charge in [0.25, 0.3) is 5.91 Å². The second-order valence-corrected chi connectivity index (χ2v) is 4.13. The van der Waals surface area contributed by atoms with Crippen LogP contribution in [0.1, 0.15) is 22.8 Å². The summed E-state index contributed by atoms with van der Waals surface area (Å²) in [5.74, 6) is -0.495. The fourth-order valence-corrected chi connectivity index (χ4v) is 1.68. The summed E-state index contributed by atoms with van der Waals surface area (Å²) < 4.78 is 5.01. The molecule has 1 heterocycles. The zero-order valence-corrected chi connectivity index (χ0v) is 11.0. The van der Waals surface area contributed by atoms with Gasteiger partial charge in [-0.2, -0.15) is 0 Å². The van der Waals surface area contributed by atoms with Crippen LogP contribution in [-0.4, -0.2) is 16.9 Å². The monoisotopic (exact) mass is 270 g/mol. The SMILES string of the molecule is CC(=O)Oc1ccccc1C(=O)NCc1ccncc1. The van der Waals surface area contributed by atoms with Gasteiger partial charge in [0.1, 0.15) is 5.75 Å². The molecule has 5 heteroatoms. The van der Waals surface area contributed by atoms with E-state index in [0.29, 0.717) is 12.1 Å². The van der Waals surface area contributed by atoms with Crippen molar-refractivity contribution in [3.63, 3.8) is 0 Å². The van der Waals surface area contributed by atoms with Crippen molar-refractivity contribution in [2.45, 2.75) is 13.5 Å². The molecule has 0 atom stereocenters. The number of nitrogens with one attached hydrogen (secondary N) is 1. The third kappa shape index (κ3) is 3.65. The summed E-state index contributed by atoms with van der Waals surface area (Å²) in [6, 6.07) is 10.3. The van der Waals surface area contributed by atoms with Gasteiger partial charge in [0, 0.05) is 25.9 Å². The van der Waals surface area contributed by atoms with Crippen molar-refractivity contribution in [3.8, 4) is 5.75 Å². The summed E-state index contributed by atoms with van der Waals surface area (Å²) >= 11 is 0. The highest BCUT2D eigenvalue weighted by Crippen LogP contribution is 2.18. The van der Waals surface area contributed by atoms with Crippen molar-refractivity contribution in [2.75, 3.05) is 0 Å². The molecule has 0 aliphatic rings. The van der Waals surface area contributed by atoms with Gasteiger partial charge in [-0.15, -0.1) is 0 Å². The maximum Gasteiger partial charge on any atom is 0.308 e. The molecule has 2 rings (SSSR count). The van der Waals surface area contributed by atoms with Gasteiger partial charge in [-0.1, -0.05) is 12.1 Å². The molecule has 0 aliphatic carbocycles. The molecule has 1 amide bonds. The molecule has 0 spiro atoms. The van der Waals surface area contributed by atoms with E-state index in [-0.39, 0.29) is 11.7 Å². The van der Waals surface area contributed by atoms with Crippen LogP contribution in [0, 0.1) is 0 Å². The van der Waals surface area contributed by atoms with E-state index in [9.17, 15) is 9.59 Å². The van der Waals surface area contributed by atoms with E-state index in [1.54, 1.807) is 36.7 Å². The first-order chi connectivity index (χ1) is 9.66. The van der Waals surface area contributed by atoms with Crippen LogP contribution in [0.4, 0.5) is 0 Å². The smallest absolute Gasteiger partial charge is 0.308 e. The van der Waals surface area contributed by atoms with Crippen molar-refractivity contribution in [3.05, 3.63) is 59.9 Å². The Kier molecular flexibility index (Phi) is 4.44. The molecule has 0 saturated heterocycles. The molecule has 0 unspecified atom stereocenters. The number of carbonyl (C=O) groups excluding carboxylic acids is 2. The Morgan fingerprint density at radius 1 is 1.15 bits per heavy atom. The Labute approximate surface area is 116 Å².